The maximum Gasteiger partial charge on any atom is 0.303 e. The third-order valence-electron chi connectivity index (χ3n) is 6.09. The van der Waals surface area contributed by atoms with E-state index in [9.17, 15) is 9.59 Å². The maximum atomic E-state index is 13.8. The van der Waals surface area contributed by atoms with E-state index >= 15 is 0 Å². The van der Waals surface area contributed by atoms with Gasteiger partial charge in [-0.25, -0.2) is 0 Å². The zero-order valence-electron chi connectivity index (χ0n) is 17.8. The standard InChI is InChI=1S/C24H27ClN2O4/c1-15(28)31-23-19(16-8-10-18(30-2)11-9-16)13-20-21(25)6-3-7-22(20)27(24(23)29)14-17-5-4-12-26-17/h3,6-11,17,19,23,26H,4-5,12-14H2,1-2H3/t17-,19-,23+/m0/s1. The van der Waals surface area contributed by atoms with Crippen LogP contribution in [0.15, 0.2) is 42.5 Å². The van der Waals surface area contributed by atoms with Crippen molar-refractivity contribution in [2.45, 2.75) is 44.2 Å². The Morgan fingerprint density at radius 2 is 2.00 bits per heavy atom. The molecule has 4 rings (SSSR count). The lowest BCUT2D eigenvalue weighted by molar-refractivity contribution is -0.154. The number of methoxy groups -OCH3 is 1. The summed E-state index contributed by atoms with van der Waals surface area (Å²) < 4.78 is 10.9. The Kier molecular flexibility index (Phi) is 6.49. The summed E-state index contributed by atoms with van der Waals surface area (Å²) in [6.45, 7) is 2.79. The fraction of sp³-hybridized carbons (Fsp3) is 0.417. The Bertz CT molecular complexity index is 957. The molecule has 1 saturated heterocycles. The summed E-state index contributed by atoms with van der Waals surface area (Å²) in [5, 5.41) is 4.06. The second-order valence-corrected chi connectivity index (χ2v) is 8.50. The van der Waals surface area contributed by atoms with Gasteiger partial charge in [0.05, 0.1) is 7.11 Å². The molecule has 2 heterocycles. The van der Waals surface area contributed by atoms with Gasteiger partial charge in [-0.05, 0) is 61.2 Å². The summed E-state index contributed by atoms with van der Waals surface area (Å²) in [4.78, 5) is 27.5. The van der Waals surface area contributed by atoms with E-state index in [1.165, 1.54) is 6.92 Å². The topological polar surface area (TPSA) is 67.9 Å². The number of carbonyl (C=O) groups is 2. The summed E-state index contributed by atoms with van der Waals surface area (Å²) in [6, 6.07) is 13.4. The molecule has 7 heteroatoms. The van der Waals surface area contributed by atoms with Gasteiger partial charge < -0.3 is 19.7 Å². The first-order chi connectivity index (χ1) is 15.0. The monoisotopic (exact) mass is 442 g/mol. The molecule has 0 saturated carbocycles. The third-order valence-corrected chi connectivity index (χ3v) is 6.44. The highest BCUT2D eigenvalue weighted by Crippen LogP contribution is 2.40. The van der Waals surface area contributed by atoms with Crippen molar-refractivity contribution in [3.8, 4) is 5.75 Å². The Hall–Kier alpha value is -2.57. The van der Waals surface area contributed by atoms with Crippen molar-refractivity contribution in [1.29, 1.82) is 0 Å². The number of fused-ring (bicyclic) bond motifs is 1. The molecule has 6 nitrogen and oxygen atoms in total. The number of hydrogen-bond acceptors (Lipinski definition) is 5. The number of ether oxygens (including phenoxy) is 2. The van der Waals surface area contributed by atoms with E-state index in [1.54, 1.807) is 12.0 Å². The van der Waals surface area contributed by atoms with E-state index in [-0.39, 0.29) is 17.9 Å². The molecule has 164 valence electrons. The van der Waals surface area contributed by atoms with Gasteiger partial charge in [-0.15, -0.1) is 0 Å². The van der Waals surface area contributed by atoms with Crippen LogP contribution in [0, 0.1) is 0 Å². The van der Waals surface area contributed by atoms with Crippen molar-refractivity contribution < 1.29 is 19.1 Å². The SMILES string of the molecule is COc1ccc([C@@H]2Cc3c(Cl)cccc3N(C[C@@H]3CCCN3)C(=O)[C@@H]2OC(C)=O)cc1. The minimum absolute atomic E-state index is 0.200. The molecular formula is C24H27ClN2O4. The van der Waals surface area contributed by atoms with Crippen molar-refractivity contribution in [2.75, 3.05) is 25.1 Å². The summed E-state index contributed by atoms with van der Waals surface area (Å²) in [7, 11) is 1.61. The number of hydrogen-bond donors (Lipinski definition) is 1. The Balaban J connectivity index is 1.79. The predicted molar refractivity (Wildman–Crippen MR) is 120 cm³/mol. The summed E-state index contributed by atoms with van der Waals surface area (Å²) in [5.41, 5.74) is 2.58. The number of rotatable bonds is 5. The van der Waals surface area contributed by atoms with E-state index in [4.69, 9.17) is 21.1 Å². The number of esters is 1. The lowest BCUT2D eigenvalue weighted by Gasteiger charge is -2.30. The molecule has 3 atom stereocenters. The average Bonchev–Trinajstić information content (AvgIpc) is 3.24. The zero-order chi connectivity index (χ0) is 22.0. The number of nitrogens with one attached hydrogen (secondary N) is 1. The van der Waals surface area contributed by atoms with Crippen LogP contribution in [-0.2, 0) is 20.7 Å². The summed E-state index contributed by atoms with van der Waals surface area (Å²) >= 11 is 6.62. The number of benzene rings is 2. The van der Waals surface area contributed by atoms with Crippen molar-refractivity contribution in [2.24, 2.45) is 0 Å². The second-order valence-electron chi connectivity index (χ2n) is 8.09. The van der Waals surface area contributed by atoms with Crippen LogP contribution in [0.3, 0.4) is 0 Å². The van der Waals surface area contributed by atoms with Crippen molar-refractivity contribution in [3.05, 3.63) is 58.6 Å². The highest BCUT2D eigenvalue weighted by molar-refractivity contribution is 6.32. The van der Waals surface area contributed by atoms with Gasteiger partial charge in [0.15, 0.2) is 6.10 Å². The lowest BCUT2D eigenvalue weighted by Crippen LogP contribution is -2.47. The van der Waals surface area contributed by atoms with Crippen LogP contribution in [0.4, 0.5) is 5.69 Å². The molecule has 0 spiro atoms. The van der Waals surface area contributed by atoms with Crippen molar-refractivity contribution >= 4 is 29.2 Å². The summed E-state index contributed by atoms with van der Waals surface area (Å²) in [5.74, 6) is -0.332. The van der Waals surface area contributed by atoms with Gasteiger partial charge in [-0.1, -0.05) is 29.8 Å². The van der Waals surface area contributed by atoms with Crippen molar-refractivity contribution in [1.82, 2.24) is 5.32 Å². The van der Waals surface area contributed by atoms with Crippen LogP contribution in [0.5, 0.6) is 5.75 Å². The fourth-order valence-corrected chi connectivity index (χ4v) is 4.80. The fourth-order valence-electron chi connectivity index (χ4n) is 4.55. The van der Waals surface area contributed by atoms with Crippen molar-refractivity contribution in [3.63, 3.8) is 0 Å². The van der Waals surface area contributed by atoms with E-state index in [0.717, 1.165) is 42.0 Å². The molecule has 0 unspecified atom stereocenters. The average molecular weight is 443 g/mol. The first-order valence-corrected chi connectivity index (χ1v) is 11.0. The molecule has 1 fully saturated rings. The molecule has 0 radical (unpaired) electrons. The summed E-state index contributed by atoms with van der Waals surface area (Å²) in [6.07, 6.45) is 1.63. The predicted octanol–water partition coefficient (Wildman–Crippen LogP) is 3.71. The van der Waals surface area contributed by atoms with E-state index in [1.807, 2.05) is 42.5 Å². The number of carbonyl (C=O) groups excluding carboxylic acids is 2. The van der Waals surface area contributed by atoms with Gasteiger partial charge in [0, 0.05) is 36.1 Å². The van der Waals surface area contributed by atoms with Gasteiger partial charge in [-0.3, -0.25) is 9.59 Å². The molecule has 2 aromatic carbocycles. The number of halogens is 1. The van der Waals surface area contributed by atoms with Crippen LogP contribution >= 0.6 is 11.6 Å². The Morgan fingerprint density at radius 1 is 1.23 bits per heavy atom. The lowest BCUT2D eigenvalue weighted by atomic mass is 9.87. The van der Waals surface area contributed by atoms with Gasteiger partial charge >= 0.3 is 5.97 Å². The molecule has 2 aromatic rings. The second kappa shape index (κ2) is 9.28. The smallest absolute Gasteiger partial charge is 0.303 e. The first-order valence-electron chi connectivity index (χ1n) is 10.6. The minimum Gasteiger partial charge on any atom is -0.497 e. The molecule has 1 N–H and O–H groups in total. The molecule has 31 heavy (non-hydrogen) atoms. The maximum absolute atomic E-state index is 13.8. The van der Waals surface area contributed by atoms with Crippen LogP contribution in [0.2, 0.25) is 5.02 Å². The number of anilines is 1. The van der Waals surface area contributed by atoms with Gasteiger partial charge in [-0.2, -0.15) is 0 Å². The molecule has 0 aliphatic carbocycles. The largest absolute Gasteiger partial charge is 0.497 e. The highest BCUT2D eigenvalue weighted by atomic mass is 35.5. The van der Waals surface area contributed by atoms with E-state index in [2.05, 4.69) is 5.32 Å². The van der Waals surface area contributed by atoms with E-state index in [0.29, 0.717) is 18.0 Å². The Labute approximate surface area is 187 Å². The van der Waals surface area contributed by atoms with Gasteiger partial charge in [0.1, 0.15) is 5.75 Å². The highest BCUT2D eigenvalue weighted by Gasteiger charge is 2.41. The molecule has 0 aromatic heterocycles. The third kappa shape index (κ3) is 4.55. The van der Waals surface area contributed by atoms with Crippen LogP contribution in [0.1, 0.15) is 36.8 Å². The normalized spacial score (nSPS) is 23.3. The van der Waals surface area contributed by atoms with Crippen LogP contribution in [0.25, 0.3) is 0 Å². The minimum atomic E-state index is -0.934. The number of amides is 1. The molecule has 2 aliphatic rings. The Morgan fingerprint density at radius 3 is 2.65 bits per heavy atom. The van der Waals surface area contributed by atoms with Crippen LogP contribution < -0.4 is 15.0 Å². The van der Waals surface area contributed by atoms with Crippen LogP contribution in [-0.4, -0.2) is 44.2 Å². The first kappa shape index (κ1) is 21.7. The number of nitrogens with zero attached hydrogens (tertiary/aromatic N) is 1. The molecule has 2 aliphatic heterocycles. The van der Waals surface area contributed by atoms with Gasteiger partial charge in [0.25, 0.3) is 5.91 Å². The quantitative estimate of drug-likeness (QED) is 0.715. The zero-order valence-corrected chi connectivity index (χ0v) is 18.5. The van der Waals surface area contributed by atoms with E-state index < -0.39 is 12.1 Å². The molecule has 1 amide bonds. The van der Waals surface area contributed by atoms with Gasteiger partial charge in [0.2, 0.25) is 0 Å². The molecular weight excluding hydrogens is 416 g/mol. The molecule has 0 bridgehead atoms.